The molecule has 0 aliphatic heterocycles. The zero-order valence-electron chi connectivity index (χ0n) is 32.0. The largest absolute Gasteiger partial charge is 0.208 e. The van der Waals surface area contributed by atoms with Gasteiger partial charge in [-0.25, -0.2) is 15.0 Å². The molecule has 0 atom stereocenters. The van der Waals surface area contributed by atoms with Crippen molar-refractivity contribution in [1.82, 2.24) is 15.0 Å². The van der Waals surface area contributed by atoms with Gasteiger partial charge in [0.05, 0.1) is 8.07 Å². The van der Waals surface area contributed by atoms with Gasteiger partial charge in [-0.3, -0.25) is 0 Å². The van der Waals surface area contributed by atoms with E-state index in [9.17, 15) is 0 Å². The zero-order chi connectivity index (χ0) is 37.7. The molecule has 1 aliphatic carbocycles. The van der Waals surface area contributed by atoms with E-state index in [2.05, 4.69) is 197 Å². The fourth-order valence-electron chi connectivity index (χ4n) is 7.90. The molecule has 0 saturated heterocycles. The SMILES string of the molecule is CC1(C)c2ccccc2-c2ccc(-c3cccc(-c4nc(-c5ccc(-c6ccccc6)cc5)nc(-c5ccc(-c6ccc([Si](C)(C)C)cc6)cc5)n4)c3)cc21. The Kier molecular flexibility index (Phi) is 8.51. The van der Waals surface area contributed by atoms with E-state index in [4.69, 9.17) is 15.0 Å². The average molecular weight is 726 g/mol. The summed E-state index contributed by atoms with van der Waals surface area (Å²) in [5.41, 5.74) is 15.2. The second-order valence-electron chi connectivity index (χ2n) is 16.2. The predicted octanol–water partition coefficient (Wildman–Crippen LogP) is 12.7. The normalized spacial score (nSPS) is 13.0. The highest BCUT2D eigenvalue weighted by atomic mass is 28.3. The molecule has 0 radical (unpaired) electrons. The van der Waals surface area contributed by atoms with E-state index in [-0.39, 0.29) is 5.41 Å². The van der Waals surface area contributed by atoms with E-state index in [1.807, 2.05) is 6.07 Å². The van der Waals surface area contributed by atoms with Crippen LogP contribution in [-0.4, -0.2) is 23.0 Å². The van der Waals surface area contributed by atoms with Crippen LogP contribution >= 0.6 is 0 Å². The number of fused-ring (bicyclic) bond motifs is 3. The van der Waals surface area contributed by atoms with Gasteiger partial charge in [-0.1, -0.05) is 196 Å². The molecular weight excluding hydrogens is 683 g/mol. The zero-order valence-corrected chi connectivity index (χ0v) is 33.0. The van der Waals surface area contributed by atoms with E-state index in [0.29, 0.717) is 17.5 Å². The van der Waals surface area contributed by atoms with Crippen LogP contribution in [0.4, 0.5) is 0 Å². The minimum atomic E-state index is -1.37. The monoisotopic (exact) mass is 725 g/mol. The van der Waals surface area contributed by atoms with Crippen LogP contribution in [0.25, 0.3) is 78.7 Å². The lowest BCUT2D eigenvalue weighted by atomic mass is 9.81. The highest BCUT2D eigenvalue weighted by Gasteiger charge is 2.35. The molecule has 0 fully saturated rings. The number of hydrogen-bond acceptors (Lipinski definition) is 3. The molecule has 266 valence electrons. The second-order valence-corrected chi connectivity index (χ2v) is 21.2. The standard InChI is InChI=1S/C51H43N3Si/c1-51(2)46-17-10-9-16-44(46)45-31-28-41(33-47(45)51)40-14-11-15-42(32-40)50-53-48(38-22-18-35(19-23-38)34-12-7-6-8-13-34)52-49(54-50)39-24-20-36(21-25-39)37-26-29-43(30-27-37)55(3,4)5/h6-33H,1-5H3. The van der Waals surface area contributed by atoms with Crippen molar-refractivity contribution in [3.05, 3.63) is 181 Å². The first kappa shape index (κ1) is 34.5. The van der Waals surface area contributed by atoms with Crippen LogP contribution < -0.4 is 5.19 Å². The minimum absolute atomic E-state index is 0.0689. The molecule has 0 N–H and O–H groups in total. The van der Waals surface area contributed by atoms with Gasteiger partial charge in [0.25, 0.3) is 0 Å². The minimum Gasteiger partial charge on any atom is -0.208 e. The molecule has 0 bridgehead atoms. The van der Waals surface area contributed by atoms with Crippen LogP contribution in [0.3, 0.4) is 0 Å². The molecule has 8 aromatic rings. The van der Waals surface area contributed by atoms with Crippen LogP contribution in [0.1, 0.15) is 25.0 Å². The van der Waals surface area contributed by atoms with Crippen molar-refractivity contribution >= 4 is 13.3 Å². The lowest BCUT2D eigenvalue weighted by Gasteiger charge is -2.22. The third-order valence-corrected chi connectivity index (χ3v) is 13.2. The molecule has 0 amide bonds. The van der Waals surface area contributed by atoms with Crippen LogP contribution in [0.15, 0.2) is 170 Å². The molecule has 0 saturated carbocycles. The number of rotatable bonds is 7. The Morgan fingerprint density at radius 1 is 0.345 bits per heavy atom. The van der Waals surface area contributed by atoms with Gasteiger partial charge in [0.2, 0.25) is 0 Å². The van der Waals surface area contributed by atoms with Gasteiger partial charge in [-0.2, -0.15) is 0 Å². The summed E-state index contributed by atoms with van der Waals surface area (Å²) in [5, 5.41) is 1.46. The van der Waals surface area contributed by atoms with Crippen molar-refractivity contribution in [1.29, 1.82) is 0 Å². The molecule has 9 rings (SSSR count). The summed E-state index contributed by atoms with van der Waals surface area (Å²) in [6, 6.07) is 60.9. The van der Waals surface area contributed by atoms with E-state index in [0.717, 1.165) is 27.8 Å². The third kappa shape index (κ3) is 6.53. The number of aromatic nitrogens is 3. The van der Waals surface area contributed by atoms with Gasteiger partial charge in [0, 0.05) is 22.1 Å². The molecule has 1 aliphatic rings. The highest BCUT2D eigenvalue weighted by molar-refractivity contribution is 6.88. The van der Waals surface area contributed by atoms with Gasteiger partial charge >= 0.3 is 0 Å². The Balaban J connectivity index is 1.10. The average Bonchev–Trinajstić information content (AvgIpc) is 3.46. The Morgan fingerprint density at radius 3 is 1.36 bits per heavy atom. The summed E-state index contributed by atoms with van der Waals surface area (Å²) < 4.78 is 0. The maximum absolute atomic E-state index is 5.13. The summed E-state index contributed by atoms with van der Waals surface area (Å²) in [4.78, 5) is 15.3. The van der Waals surface area contributed by atoms with Crippen molar-refractivity contribution in [3.8, 4) is 78.7 Å². The fraction of sp³-hybridized carbons (Fsp3) is 0.118. The fourth-order valence-corrected chi connectivity index (χ4v) is 9.07. The van der Waals surface area contributed by atoms with E-state index < -0.39 is 8.07 Å². The Hall–Kier alpha value is -6.23. The predicted molar refractivity (Wildman–Crippen MR) is 233 cm³/mol. The van der Waals surface area contributed by atoms with Crippen LogP contribution in [0, 0.1) is 0 Å². The summed E-state index contributed by atoms with van der Waals surface area (Å²) >= 11 is 0. The van der Waals surface area contributed by atoms with Gasteiger partial charge < -0.3 is 0 Å². The summed E-state index contributed by atoms with van der Waals surface area (Å²) in [7, 11) is -1.37. The summed E-state index contributed by atoms with van der Waals surface area (Å²) in [6.07, 6.45) is 0. The summed E-state index contributed by atoms with van der Waals surface area (Å²) in [6.45, 7) is 11.8. The van der Waals surface area contributed by atoms with Gasteiger partial charge in [0.1, 0.15) is 0 Å². The van der Waals surface area contributed by atoms with E-state index >= 15 is 0 Å². The number of nitrogens with zero attached hydrogens (tertiary/aromatic N) is 3. The molecule has 1 aromatic heterocycles. The molecule has 0 spiro atoms. The lowest BCUT2D eigenvalue weighted by molar-refractivity contribution is 0.660. The molecular formula is C51H43N3Si. The first-order chi connectivity index (χ1) is 26.6. The first-order valence-corrected chi connectivity index (χ1v) is 22.6. The van der Waals surface area contributed by atoms with Crippen molar-refractivity contribution in [2.75, 3.05) is 0 Å². The van der Waals surface area contributed by atoms with Gasteiger partial charge in [0.15, 0.2) is 17.5 Å². The Labute approximate surface area is 325 Å². The Morgan fingerprint density at radius 2 is 0.764 bits per heavy atom. The van der Waals surface area contributed by atoms with Gasteiger partial charge in [-0.05, 0) is 67.8 Å². The molecule has 3 nitrogen and oxygen atoms in total. The maximum Gasteiger partial charge on any atom is 0.164 e. The van der Waals surface area contributed by atoms with Crippen molar-refractivity contribution in [2.45, 2.75) is 38.9 Å². The van der Waals surface area contributed by atoms with Crippen molar-refractivity contribution < 1.29 is 0 Å². The number of benzene rings is 7. The van der Waals surface area contributed by atoms with E-state index in [1.165, 1.54) is 49.7 Å². The van der Waals surface area contributed by atoms with Crippen molar-refractivity contribution in [3.63, 3.8) is 0 Å². The first-order valence-electron chi connectivity index (χ1n) is 19.1. The molecule has 4 heteroatoms. The van der Waals surface area contributed by atoms with Crippen LogP contribution in [-0.2, 0) is 5.41 Å². The Bertz CT molecular complexity index is 2670. The highest BCUT2D eigenvalue weighted by Crippen LogP contribution is 2.49. The lowest BCUT2D eigenvalue weighted by Crippen LogP contribution is -2.37. The molecule has 0 unspecified atom stereocenters. The molecule has 1 heterocycles. The van der Waals surface area contributed by atoms with Crippen molar-refractivity contribution in [2.24, 2.45) is 0 Å². The second kappa shape index (κ2) is 13.6. The molecule has 7 aromatic carbocycles. The third-order valence-electron chi connectivity index (χ3n) is 11.2. The van der Waals surface area contributed by atoms with Crippen LogP contribution in [0.5, 0.6) is 0 Å². The topological polar surface area (TPSA) is 38.7 Å². The number of hydrogen-bond donors (Lipinski definition) is 0. The summed E-state index contributed by atoms with van der Waals surface area (Å²) in [5.74, 6) is 1.94. The smallest absolute Gasteiger partial charge is 0.164 e. The van der Waals surface area contributed by atoms with Gasteiger partial charge in [-0.15, -0.1) is 0 Å². The molecule has 55 heavy (non-hydrogen) atoms. The van der Waals surface area contributed by atoms with E-state index in [1.54, 1.807) is 0 Å². The van der Waals surface area contributed by atoms with Crippen LogP contribution in [0.2, 0.25) is 19.6 Å². The quantitative estimate of drug-likeness (QED) is 0.154. The maximum atomic E-state index is 5.13.